The number of benzene rings is 3. The van der Waals surface area contributed by atoms with Gasteiger partial charge in [0.25, 0.3) is 5.91 Å². The number of H-pyrrole nitrogens is 1. The number of piperazine rings is 1. The van der Waals surface area contributed by atoms with Gasteiger partial charge in [0.15, 0.2) is 11.0 Å². The monoisotopic (exact) mass is 838 g/mol. The second-order valence-corrected chi connectivity index (χ2v) is 17.2. The van der Waals surface area contributed by atoms with Crippen LogP contribution in [0.2, 0.25) is 0 Å². The van der Waals surface area contributed by atoms with Crippen LogP contribution in [0.15, 0.2) is 84.0 Å². The number of anilines is 3. The summed E-state index contributed by atoms with van der Waals surface area (Å²) in [6.45, 7) is 9.95. The van der Waals surface area contributed by atoms with Crippen LogP contribution >= 0.6 is 0 Å². The van der Waals surface area contributed by atoms with E-state index in [0.29, 0.717) is 72.7 Å². The molecule has 3 aliphatic rings. The molecule has 2 fully saturated rings. The highest BCUT2D eigenvalue weighted by Crippen LogP contribution is 2.33. The number of hydrogen-bond acceptors (Lipinski definition) is 11. The average Bonchev–Trinajstić information content (AvgIpc) is 3.74. The summed E-state index contributed by atoms with van der Waals surface area (Å²) in [5.74, 6) is 0.152. The zero-order valence-electron chi connectivity index (χ0n) is 33.8. The Morgan fingerprint density at radius 1 is 1.00 bits per heavy atom. The fourth-order valence-corrected chi connectivity index (χ4v) is 9.04. The summed E-state index contributed by atoms with van der Waals surface area (Å²) in [6.07, 6.45) is 5.95. The van der Waals surface area contributed by atoms with Crippen molar-refractivity contribution in [2.75, 3.05) is 68.2 Å². The number of hydrogen-bond donors (Lipinski definition) is 5. The third-order valence-corrected chi connectivity index (χ3v) is 12.7. The third-order valence-electron chi connectivity index (χ3n) is 11.6. The molecule has 0 radical (unpaired) electrons. The Balaban J connectivity index is 0.966. The van der Waals surface area contributed by atoms with Crippen molar-refractivity contribution in [1.82, 2.24) is 24.5 Å². The van der Waals surface area contributed by atoms with Crippen molar-refractivity contribution in [3.63, 3.8) is 0 Å². The molecule has 16 heteroatoms. The largest absolute Gasteiger partial charge is 0.455 e. The number of fused-ring (bicyclic) bond motifs is 2. The number of aromatic amines is 1. The van der Waals surface area contributed by atoms with Crippen LogP contribution in [0.4, 0.5) is 21.5 Å². The molecule has 60 heavy (non-hydrogen) atoms. The van der Waals surface area contributed by atoms with Gasteiger partial charge in [0.2, 0.25) is 5.91 Å². The van der Waals surface area contributed by atoms with Gasteiger partial charge in [-0.25, -0.2) is 13.6 Å². The number of rotatable bonds is 13. The quantitative estimate of drug-likeness (QED) is 0.0844. The molecular formula is C44H51FN8O6S. The van der Waals surface area contributed by atoms with Crippen molar-refractivity contribution < 1.29 is 32.9 Å². The smallest absolute Gasteiger partial charge is 0.266 e. The van der Waals surface area contributed by atoms with Crippen LogP contribution in [-0.4, -0.2) is 99.5 Å². The molecular weight excluding hydrogens is 788 g/mol. The van der Waals surface area contributed by atoms with E-state index in [9.17, 15) is 23.4 Å². The summed E-state index contributed by atoms with van der Waals surface area (Å²) in [5.41, 5.74) is 6.86. The van der Waals surface area contributed by atoms with Crippen molar-refractivity contribution in [1.29, 1.82) is 0 Å². The van der Waals surface area contributed by atoms with Crippen LogP contribution in [0.25, 0.3) is 11.0 Å². The molecule has 2 saturated heterocycles. The average molecular weight is 839 g/mol. The molecule has 0 spiro atoms. The number of amides is 2. The molecule has 5 aromatic rings. The lowest BCUT2D eigenvalue weighted by molar-refractivity contribution is -0.138. The van der Waals surface area contributed by atoms with E-state index in [1.54, 1.807) is 36.7 Å². The Kier molecular flexibility index (Phi) is 12.6. The number of nitrogens with one attached hydrogen (secondary N) is 4. The summed E-state index contributed by atoms with van der Waals surface area (Å²) < 4.78 is 42.1. The maximum Gasteiger partial charge on any atom is 0.266 e. The molecule has 2 atom stereocenters. The standard InChI is InChI=1S/C44H51FN8O6S/c1-28(2)44(55)53-26-32-19-33(45)4-3-30(32)20-35(53)27-51-13-15-52(16-14-51)34-5-7-38(41(22-34)59-36-21-31-9-12-46-42(31)48-25-36)43(54)50-60(57)37-6-8-39(40(23-37)49-56)47-24-29-10-17-58-18-11-29/h3-9,12,19,21-23,25,28-29,35,47,49,56H,10-11,13-18,20,24,26-27H2,1-2H3,(H,46,48)(H,50,54)/t35-,60?/m0/s1. The summed E-state index contributed by atoms with van der Waals surface area (Å²) in [7, 11) is -1.97. The summed E-state index contributed by atoms with van der Waals surface area (Å²) in [5, 5.41) is 14.1. The molecule has 0 saturated carbocycles. The van der Waals surface area contributed by atoms with Crippen LogP contribution in [0.3, 0.4) is 0 Å². The van der Waals surface area contributed by atoms with Crippen LogP contribution in [-0.2, 0) is 33.5 Å². The first-order valence-corrected chi connectivity index (χ1v) is 21.7. The number of carbonyl (C=O) groups excluding carboxylic acids is 2. The van der Waals surface area contributed by atoms with Gasteiger partial charge in [-0.1, -0.05) is 19.9 Å². The van der Waals surface area contributed by atoms with E-state index in [1.807, 2.05) is 49.1 Å². The Bertz CT molecular complexity index is 2360. The van der Waals surface area contributed by atoms with Crippen LogP contribution < -0.4 is 25.2 Å². The highest BCUT2D eigenvalue weighted by molar-refractivity contribution is 7.83. The van der Waals surface area contributed by atoms with E-state index in [1.165, 1.54) is 12.1 Å². The number of carbonyl (C=O) groups is 2. The molecule has 5 N–H and O–H groups in total. The van der Waals surface area contributed by atoms with E-state index >= 15 is 0 Å². The predicted octanol–water partition coefficient (Wildman–Crippen LogP) is 6.32. The minimum absolute atomic E-state index is 0.0259. The van der Waals surface area contributed by atoms with Crippen molar-refractivity contribution in [3.05, 3.63) is 102 Å². The Morgan fingerprint density at radius 2 is 1.82 bits per heavy atom. The lowest BCUT2D eigenvalue weighted by atomic mass is 9.92. The van der Waals surface area contributed by atoms with Gasteiger partial charge in [-0.3, -0.25) is 29.9 Å². The number of nitrogens with zero attached hydrogens (tertiary/aromatic N) is 4. The Hall–Kier alpha value is -5.55. The second kappa shape index (κ2) is 18.4. The lowest BCUT2D eigenvalue weighted by Gasteiger charge is -2.43. The zero-order valence-corrected chi connectivity index (χ0v) is 34.6. The molecule has 3 aromatic carbocycles. The summed E-state index contributed by atoms with van der Waals surface area (Å²) in [6, 6.07) is 18.8. The summed E-state index contributed by atoms with van der Waals surface area (Å²) >= 11 is 0. The van der Waals surface area contributed by atoms with Crippen LogP contribution in [0, 0.1) is 17.7 Å². The summed E-state index contributed by atoms with van der Waals surface area (Å²) in [4.78, 5) is 41.5. The minimum atomic E-state index is -1.97. The molecule has 8 rings (SSSR count). The molecule has 0 aliphatic carbocycles. The first-order chi connectivity index (χ1) is 29.1. The third kappa shape index (κ3) is 9.41. The van der Waals surface area contributed by atoms with Crippen molar-refractivity contribution in [2.45, 2.75) is 50.6 Å². The van der Waals surface area contributed by atoms with Gasteiger partial charge in [-0.05, 0) is 90.9 Å². The topological polar surface area (TPSA) is 164 Å². The molecule has 2 aromatic heterocycles. The minimum Gasteiger partial charge on any atom is -0.455 e. The van der Waals surface area contributed by atoms with Crippen molar-refractivity contribution in [2.24, 2.45) is 11.8 Å². The van der Waals surface area contributed by atoms with E-state index in [0.717, 1.165) is 61.3 Å². The molecule has 3 aliphatic heterocycles. The number of halogens is 1. The van der Waals surface area contributed by atoms with Gasteiger partial charge in [-0.15, -0.1) is 0 Å². The van der Waals surface area contributed by atoms with Gasteiger partial charge in [-0.2, -0.15) is 0 Å². The van der Waals surface area contributed by atoms with Crippen molar-refractivity contribution >= 4 is 50.9 Å². The van der Waals surface area contributed by atoms with E-state index < -0.39 is 16.9 Å². The fourth-order valence-electron chi connectivity index (χ4n) is 8.23. The molecule has 316 valence electrons. The van der Waals surface area contributed by atoms with Crippen LogP contribution in [0.1, 0.15) is 48.2 Å². The lowest BCUT2D eigenvalue weighted by Crippen LogP contribution is -2.55. The highest BCUT2D eigenvalue weighted by atomic mass is 32.2. The normalized spacial score (nSPS) is 18.0. The maximum absolute atomic E-state index is 14.1. The highest BCUT2D eigenvalue weighted by Gasteiger charge is 2.33. The molecule has 0 bridgehead atoms. The first-order valence-electron chi connectivity index (χ1n) is 20.5. The van der Waals surface area contributed by atoms with Gasteiger partial charge in [0.1, 0.15) is 23.0 Å². The maximum atomic E-state index is 14.1. The molecule has 1 unspecified atom stereocenters. The van der Waals surface area contributed by atoms with Crippen LogP contribution in [0.5, 0.6) is 11.5 Å². The van der Waals surface area contributed by atoms with Crippen molar-refractivity contribution in [3.8, 4) is 11.5 Å². The first kappa shape index (κ1) is 41.2. The molecule has 5 heterocycles. The van der Waals surface area contributed by atoms with Gasteiger partial charge >= 0.3 is 0 Å². The number of ether oxygens (including phenoxy) is 2. The number of pyridine rings is 1. The van der Waals surface area contributed by atoms with E-state index in [2.05, 4.69) is 35.3 Å². The Labute approximate surface area is 351 Å². The SMILES string of the molecule is CC(C)C(=O)N1Cc2cc(F)ccc2C[C@H]1CN1CCN(c2ccc(C(=O)NS(=O)c3ccc(NCC4CCOCC4)c(NO)c3)c(Oc3cnc4[nH]ccc4c3)c2)CC1. The number of aromatic nitrogens is 2. The predicted molar refractivity (Wildman–Crippen MR) is 228 cm³/mol. The van der Waals surface area contributed by atoms with Gasteiger partial charge in [0, 0.05) is 94.3 Å². The van der Waals surface area contributed by atoms with Gasteiger partial charge < -0.3 is 29.6 Å². The zero-order chi connectivity index (χ0) is 41.8. The Morgan fingerprint density at radius 3 is 2.60 bits per heavy atom. The molecule has 14 nitrogen and oxygen atoms in total. The second-order valence-electron chi connectivity index (χ2n) is 16.0. The van der Waals surface area contributed by atoms with E-state index in [4.69, 9.17) is 9.47 Å². The van der Waals surface area contributed by atoms with Gasteiger partial charge in [0.05, 0.1) is 28.0 Å². The molecule has 2 amide bonds. The van der Waals surface area contributed by atoms with E-state index in [-0.39, 0.29) is 35.0 Å². The fraction of sp³-hybridized carbons (Fsp3) is 0.386.